The van der Waals surface area contributed by atoms with Crippen LogP contribution in [-0.4, -0.2) is 27.3 Å². The molecule has 0 fully saturated rings. The first-order valence-electron chi connectivity index (χ1n) is 12.0. The molecule has 0 radical (unpaired) electrons. The predicted molar refractivity (Wildman–Crippen MR) is 148 cm³/mol. The van der Waals surface area contributed by atoms with E-state index in [0.29, 0.717) is 56.8 Å². The summed E-state index contributed by atoms with van der Waals surface area (Å²) < 4.78 is 21.6. The molecule has 0 saturated heterocycles. The van der Waals surface area contributed by atoms with E-state index < -0.39 is 11.9 Å². The van der Waals surface area contributed by atoms with Crippen LogP contribution >= 0.6 is 23.4 Å². The number of carbonyl (C=O) groups excluding carboxylic acids is 1. The zero-order chi connectivity index (χ0) is 26.6. The zero-order valence-electron chi connectivity index (χ0n) is 20.7. The van der Waals surface area contributed by atoms with Crippen LogP contribution < -0.4 is 15.4 Å². The molecule has 7 nitrogen and oxygen atoms in total. The van der Waals surface area contributed by atoms with Gasteiger partial charge in [0.25, 0.3) is 5.91 Å². The van der Waals surface area contributed by atoms with Crippen molar-refractivity contribution in [3.63, 3.8) is 0 Å². The van der Waals surface area contributed by atoms with Crippen molar-refractivity contribution >= 4 is 40.9 Å². The average Bonchev–Trinajstić information content (AvgIpc) is 3.31. The summed E-state index contributed by atoms with van der Waals surface area (Å²) in [6.07, 6.45) is 0. The molecule has 0 saturated carbocycles. The van der Waals surface area contributed by atoms with Crippen LogP contribution in [0.5, 0.6) is 5.75 Å². The quantitative estimate of drug-likeness (QED) is 0.238. The van der Waals surface area contributed by atoms with E-state index in [0.717, 1.165) is 5.56 Å². The number of allylic oxidation sites excluding steroid dienone is 1. The molecule has 1 atom stereocenters. The first-order chi connectivity index (χ1) is 18.4. The lowest BCUT2D eigenvalue weighted by Crippen LogP contribution is -2.31. The normalized spacial score (nSPS) is 14.6. The fourth-order valence-electron chi connectivity index (χ4n) is 4.27. The molecule has 2 N–H and O–H groups in total. The van der Waals surface area contributed by atoms with Gasteiger partial charge in [-0.15, -0.1) is 5.10 Å². The Morgan fingerprint density at radius 2 is 1.95 bits per heavy atom. The maximum Gasteiger partial charge on any atom is 0.255 e. The van der Waals surface area contributed by atoms with Crippen LogP contribution in [-0.2, 0) is 10.5 Å². The molecule has 5 rings (SSSR count). The van der Waals surface area contributed by atoms with Gasteiger partial charge in [0.2, 0.25) is 11.1 Å². The average molecular weight is 550 g/mol. The van der Waals surface area contributed by atoms with E-state index in [1.165, 1.54) is 23.9 Å². The fourth-order valence-corrected chi connectivity index (χ4v) is 5.39. The number of hydrogen-bond donors (Lipinski definition) is 2. The number of nitrogens with one attached hydrogen (secondary N) is 2. The molecule has 1 amide bonds. The van der Waals surface area contributed by atoms with Crippen molar-refractivity contribution in [1.82, 2.24) is 14.8 Å². The number of benzene rings is 3. The van der Waals surface area contributed by atoms with Crippen molar-refractivity contribution in [1.29, 1.82) is 0 Å². The molecule has 1 aromatic heterocycles. The van der Waals surface area contributed by atoms with E-state index in [-0.39, 0.29) is 5.91 Å². The number of fused-ring (bicyclic) bond motifs is 1. The third-order valence-corrected chi connectivity index (χ3v) is 7.25. The number of para-hydroxylation sites is 2. The number of carbonyl (C=O) groups is 1. The molecular weight excluding hydrogens is 525 g/mol. The first kappa shape index (κ1) is 25.8. The summed E-state index contributed by atoms with van der Waals surface area (Å²) >= 11 is 7.74. The second-order valence-electron chi connectivity index (χ2n) is 8.55. The number of amides is 1. The Morgan fingerprint density at radius 1 is 1.16 bits per heavy atom. The lowest BCUT2D eigenvalue weighted by Gasteiger charge is -2.28. The molecule has 0 aliphatic carbocycles. The molecule has 1 unspecified atom stereocenters. The smallest absolute Gasteiger partial charge is 0.255 e. The van der Waals surface area contributed by atoms with E-state index in [2.05, 4.69) is 15.6 Å². The van der Waals surface area contributed by atoms with Crippen molar-refractivity contribution in [2.75, 3.05) is 17.2 Å². The van der Waals surface area contributed by atoms with Crippen molar-refractivity contribution < 1.29 is 13.9 Å². The van der Waals surface area contributed by atoms with Crippen molar-refractivity contribution in [3.8, 4) is 5.75 Å². The molecule has 2 heterocycles. The second-order valence-corrected chi connectivity index (χ2v) is 9.90. The summed E-state index contributed by atoms with van der Waals surface area (Å²) in [6.45, 7) is 4.13. The van der Waals surface area contributed by atoms with Gasteiger partial charge in [-0.25, -0.2) is 9.07 Å². The number of halogens is 2. The lowest BCUT2D eigenvalue weighted by molar-refractivity contribution is -0.113. The standard InChI is InChI=1S/C28H25ClFN5O2S/c1-3-37-23-14-7-6-13-22(23)32-26(36)24-17(2)31-27-33-28(38-16-19-9-4-5-12-21(19)29)34-35(27)25(24)18-10-8-11-20(30)15-18/h4-15,25H,3,16H2,1-2H3,(H,32,36)(H,31,33,34). The van der Waals surface area contributed by atoms with Gasteiger partial charge in [0.05, 0.1) is 17.9 Å². The van der Waals surface area contributed by atoms with Gasteiger partial charge in [-0.1, -0.05) is 65.8 Å². The summed E-state index contributed by atoms with van der Waals surface area (Å²) in [7, 11) is 0. The monoisotopic (exact) mass is 549 g/mol. The second kappa shape index (κ2) is 11.3. The van der Waals surface area contributed by atoms with Crippen molar-refractivity contribution in [3.05, 3.63) is 106 Å². The molecule has 1 aliphatic rings. The molecule has 194 valence electrons. The van der Waals surface area contributed by atoms with E-state index in [1.54, 1.807) is 35.9 Å². The topological polar surface area (TPSA) is 81.1 Å². The molecule has 4 aromatic rings. The Labute approximate surface area is 229 Å². The van der Waals surface area contributed by atoms with E-state index in [9.17, 15) is 9.18 Å². The van der Waals surface area contributed by atoms with Crippen LogP contribution in [0.3, 0.4) is 0 Å². The summed E-state index contributed by atoms with van der Waals surface area (Å²) in [4.78, 5) is 18.4. The SMILES string of the molecule is CCOc1ccccc1NC(=O)C1=C(C)Nc2nc(SCc3ccccc3Cl)nn2C1c1cccc(F)c1. The Kier molecular flexibility index (Phi) is 7.67. The highest BCUT2D eigenvalue weighted by Crippen LogP contribution is 2.38. The highest BCUT2D eigenvalue weighted by molar-refractivity contribution is 7.98. The number of ether oxygens (including phenoxy) is 1. The maximum absolute atomic E-state index is 14.3. The van der Waals surface area contributed by atoms with Crippen LogP contribution in [0, 0.1) is 5.82 Å². The van der Waals surface area contributed by atoms with Gasteiger partial charge in [0, 0.05) is 16.5 Å². The van der Waals surface area contributed by atoms with E-state index >= 15 is 0 Å². The fraction of sp³-hybridized carbons (Fsp3) is 0.179. The Hall–Kier alpha value is -3.82. The number of hydrogen-bond acceptors (Lipinski definition) is 6. The predicted octanol–water partition coefficient (Wildman–Crippen LogP) is 6.69. The summed E-state index contributed by atoms with van der Waals surface area (Å²) in [5.41, 5.74) is 3.06. The summed E-state index contributed by atoms with van der Waals surface area (Å²) in [6, 6.07) is 20.3. The van der Waals surface area contributed by atoms with Gasteiger partial charge in [0.15, 0.2) is 0 Å². The van der Waals surface area contributed by atoms with Crippen molar-refractivity contribution in [2.45, 2.75) is 30.8 Å². The summed E-state index contributed by atoms with van der Waals surface area (Å²) in [5, 5.41) is 12.0. The lowest BCUT2D eigenvalue weighted by atomic mass is 9.95. The van der Waals surface area contributed by atoms with Gasteiger partial charge in [-0.2, -0.15) is 4.98 Å². The first-order valence-corrected chi connectivity index (χ1v) is 13.4. The molecule has 1 aliphatic heterocycles. The van der Waals surface area contributed by atoms with Gasteiger partial charge >= 0.3 is 0 Å². The van der Waals surface area contributed by atoms with Gasteiger partial charge < -0.3 is 15.4 Å². The maximum atomic E-state index is 14.3. The van der Waals surface area contributed by atoms with Crippen LogP contribution in [0.25, 0.3) is 0 Å². The van der Waals surface area contributed by atoms with Gasteiger partial charge in [-0.05, 0) is 55.3 Å². The molecule has 3 aromatic carbocycles. The molecular formula is C28H25ClFN5O2S. The molecule has 0 spiro atoms. The number of anilines is 2. The number of thioether (sulfide) groups is 1. The summed E-state index contributed by atoms with van der Waals surface area (Å²) in [5.74, 6) is 0.830. The Bertz CT molecular complexity index is 1520. The zero-order valence-corrected chi connectivity index (χ0v) is 22.3. The molecule has 10 heteroatoms. The highest BCUT2D eigenvalue weighted by atomic mass is 35.5. The van der Waals surface area contributed by atoms with Crippen LogP contribution in [0.1, 0.15) is 31.0 Å². The minimum absolute atomic E-state index is 0.358. The Morgan fingerprint density at radius 3 is 2.74 bits per heavy atom. The minimum atomic E-state index is -0.705. The molecule has 38 heavy (non-hydrogen) atoms. The third kappa shape index (κ3) is 5.39. The van der Waals surface area contributed by atoms with E-state index in [4.69, 9.17) is 21.4 Å². The minimum Gasteiger partial charge on any atom is -0.492 e. The van der Waals surface area contributed by atoms with Crippen LogP contribution in [0.2, 0.25) is 5.02 Å². The molecule has 0 bridgehead atoms. The number of aromatic nitrogens is 3. The number of nitrogens with zero attached hydrogens (tertiary/aromatic N) is 3. The van der Waals surface area contributed by atoms with Gasteiger partial charge in [0.1, 0.15) is 17.6 Å². The van der Waals surface area contributed by atoms with E-state index in [1.807, 2.05) is 43.3 Å². The number of rotatable bonds is 8. The third-order valence-electron chi connectivity index (χ3n) is 5.99. The van der Waals surface area contributed by atoms with Crippen molar-refractivity contribution in [2.24, 2.45) is 0 Å². The van der Waals surface area contributed by atoms with Gasteiger partial charge in [-0.3, -0.25) is 4.79 Å². The Balaban J connectivity index is 1.50. The largest absolute Gasteiger partial charge is 0.492 e. The van der Waals surface area contributed by atoms with Crippen LogP contribution in [0.15, 0.2) is 89.2 Å². The van der Waals surface area contributed by atoms with Crippen LogP contribution in [0.4, 0.5) is 16.0 Å². The highest BCUT2D eigenvalue weighted by Gasteiger charge is 2.35.